The van der Waals surface area contributed by atoms with Gasteiger partial charge in [0, 0.05) is 0 Å². The number of hydrogen-bond donors (Lipinski definition) is 0. The van der Waals surface area contributed by atoms with Crippen LogP contribution in [0.4, 0.5) is 0 Å². The van der Waals surface area contributed by atoms with Crippen LogP contribution in [0.15, 0.2) is 18.2 Å². The maximum absolute atomic E-state index is 11.4. The van der Waals surface area contributed by atoms with Gasteiger partial charge in [-0.15, -0.1) is 0 Å². The molecule has 3 nitrogen and oxygen atoms in total. The summed E-state index contributed by atoms with van der Waals surface area (Å²) in [6, 6.07) is 6.19. The Labute approximate surface area is 103 Å². The molecule has 1 aromatic carbocycles. The zero-order valence-corrected chi connectivity index (χ0v) is 10.9. The van der Waals surface area contributed by atoms with Crippen LogP contribution in [-0.2, 0) is 20.9 Å². The van der Waals surface area contributed by atoms with Gasteiger partial charge in [0.05, 0.1) is 13.7 Å². The summed E-state index contributed by atoms with van der Waals surface area (Å²) in [5.41, 5.74) is 3.52. The molecule has 94 valence electrons. The number of hydrogen-bond acceptors (Lipinski definition) is 3. The fraction of sp³-hybridized carbons (Fsp3) is 0.500. The van der Waals surface area contributed by atoms with Crippen molar-refractivity contribution < 1.29 is 14.3 Å². The Balaban J connectivity index is 2.62. The Hall–Kier alpha value is -1.35. The van der Waals surface area contributed by atoms with Crippen molar-refractivity contribution in [3.63, 3.8) is 0 Å². The van der Waals surface area contributed by atoms with Crippen molar-refractivity contribution in [3.8, 4) is 0 Å². The Morgan fingerprint density at radius 3 is 2.59 bits per heavy atom. The lowest BCUT2D eigenvalue weighted by Crippen LogP contribution is -2.24. The standard InChI is InChI=1S/C14H20O3/c1-5-13(14(15)16-4)17-9-12-7-6-10(2)8-11(12)3/h6-8,13H,5,9H2,1-4H3. The first-order chi connectivity index (χ1) is 8.08. The average Bonchev–Trinajstić information content (AvgIpc) is 2.31. The van der Waals surface area contributed by atoms with Crippen molar-refractivity contribution in [2.45, 2.75) is 39.9 Å². The Morgan fingerprint density at radius 1 is 1.35 bits per heavy atom. The van der Waals surface area contributed by atoms with Crippen molar-refractivity contribution in [1.82, 2.24) is 0 Å². The van der Waals surface area contributed by atoms with Crippen molar-refractivity contribution in [2.24, 2.45) is 0 Å². The first kappa shape index (κ1) is 13.7. The molecule has 1 rings (SSSR count). The van der Waals surface area contributed by atoms with Crippen molar-refractivity contribution in [3.05, 3.63) is 34.9 Å². The van der Waals surface area contributed by atoms with Gasteiger partial charge in [-0.3, -0.25) is 0 Å². The van der Waals surface area contributed by atoms with Gasteiger partial charge in [-0.05, 0) is 31.4 Å². The maximum Gasteiger partial charge on any atom is 0.334 e. The molecule has 0 bridgehead atoms. The zero-order chi connectivity index (χ0) is 12.8. The van der Waals surface area contributed by atoms with Gasteiger partial charge in [-0.1, -0.05) is 30.7 Å². The predicted octanol–water partition coefficient (Wildman–Crippen LogP) is 2.77. The number of rotatable bonds is 5. The minimum absolute atomic E-state index is 0.308. The van der Waals surface area contributed by atoms with E-state index in [-0.39, 0.29) is 5.97 Å². The lowest BCUT2D eigenvalue weighted by molar-refractivity contribution is -0.155. The predicted molar refractivity (Wildman–Crippen MR) is 66.8 cm³/mol. The van der Waals surface area contributed by atoms with Crippen LogP contribution in [0.3, 0.4) is 0 Å². The number of methoxy groups -OCH3 is 1. The Morgan fingerprint density at radius 2 is 2.06 bits per heavy atom. The fourth-order valence-corrected chi connectivity index (χ4v) is 1.68. The summed E-state index contributed by atoms with van der Waals surface area (Å²) in [5.74, 6) is -0.308. The van der Waals surface area contributed by atoms with E-state index in [4.69, 9.17) is 4.74 Å². The number of benzene rings is 1. The molecule has 0 aliphatic heterocycles. The molecule has 0 fully saturated rings. The van der Waals surface area contributed by atoms with Gasteiger partial charge in [0.15, 0.2) is 6.10 Å². The summed E-state index contributed by atoms with van der Waals surface area (Å²) >= 11 is 0. The molecule has 1 unspecified atom stereocenters. The average molecular weight is 236 g/mol. The smallest absolute Gasteiger partial charge is 0.334 e. The molecule has 0 amide bonds. The van der Waals surface area contributed by atoms with Gasteiger partial charge in [0.1, 0.15) is 0 Å². The molecule has 3 heteroatoms. The van der Waals surface area contributed by atoms with E-state index in [2.05, 4.69) is 17.7 Å². The van der Waals surface area contributed by atoms with E-state index in [1.54, 1.807) is 0 Å². The first-order valence-corrected chi connectivity index (χ1v) is 5.84. The maximum atomic E-state index is 11.4. The third kappa shape index (κ3) is 3.86. The summed E-state index contributed by atoms with van der Waals surface area (Å²) in [6.45, 7) is 6.45. The molecule has 1 aromatic rings. The number of aryl methyl sites for hydroxylation is 2. The van der Waals surface area contributed by atoms with Crippen LogP contribution in [0, 0.1) is 13.8 Å². The highest BCUT2D eigenvalue weighted by Crippen LogP contribution is 2.13. The van der Waals surface area contributed by atoms with E-state index in [0.29, 0.717) is 13.0 Å². The summed E-state index contributed by atoms with van der Waals surface area (Å²) in [6.07, 6.45) is 0.151. The molecular weight excluding hydrogens is 216 g/mol. The third-order valence-electron chi connectivity index (χ3n) is 2.77. The third-order valence-corrected chi connectivity index (χ3v) is 2.77. The van der Waals surface area contributed by atoms with Gasteiger partial charge in [0.25, 0.3) is 0 Å². The SMILES string of the molecule is CCC(OCc1ccc(C)cc1C)C(=O)OC. The number of carbonyl (C=O) groups excluding carboxylic acids is 1. The fourth-order valence-electron chi connectivity index (χ4n) is 1.68. The molecular formula is C14H20O3. The van der Waals surface area contributed by atoms with Crippen LogP contribution >= 0.6 is 0 Å². The first-order valence-electron chi connectivity index (χ1n) is 5.84. The van der Waals surface area contributed by atoms with E-state index in [1.165, 1.54) is 18.2 Å². The highest BCUT2D eigenvalue weighted by molar-refractivity contribution is 5.74. The molecule has 0 spiro atoms. The van der Waals surface area contributed by atoms with Crippen LogP contribution in [0.1, 0.15) is 30.0 Å². The second kappa shape index (κ2) is 6.40. The minimum Gasteiger partial charge on any atom is -0.467 e. The lowest BCUT2D eigenvalue weighted by Gasteiger charge is -2.14. The van der Waals surface area contributed by atoms with Crippen molar-refractivity contribution in [1.29, 1.82) is 0 Å². The summed E-state index contributed by atoms with van der Waals surface area (Å²) in [5, 5.41) is 0. The molecule has 0 aliphatic carbocycles. The Bertz CT molecular complexity index is 385. The molecule has 0 saturated carbocycles. The molecule has 0 heterocycles. The van der Waals surface area contributed by atoms with Crippen molar-refractivity contribution in [2.75, 3.05) is 7.11 Å². The van der Waals surface area contributed by atoms with Gasteiger partial charge < -0.3 is 9.47 Å². The second-order valence-electron chi connectivity index (χ2n) is 4.16. The number of ether oxygens (including phenoxy) is 2. The molecule has 0 saturated heterocycles. The molecule has 17 heavy (non-hydrogen) atoms. The quantitative estimate of drug-likeness (QED) is 0.737. The summed E-state index contributed by atoms with van der Waals surface area (Å²) in [4.78, 5) is 11.4. The lowest BCUT2D eigenvalue weighted by atomic mass is 10.1. The molecule has 1 atom stereocenters. The highest BCUT2D eigenvalue weighted by atomic mass is 16.6. The van der Waals surface area contributed by atoms with Crippen LogP contribution in [0.5, 0.6) is 0 Å². The minimum atomic E-state index is -0.472. The van der Waals surface area contributed by atoms with Gasteiger partial charge in [-0.2, -0.15) is 0 Å². The van der Waals surface area contributed by atoms with Gasteiger partial charge in [-0.25, -0.2) is 4.79 Å². The van der Waals surface area contributed by atoms with E-state index in [1.807, 2.05) is 26.0 Å². The van der Waals surface area contributed by atoms with E-state index >= 15 is 0 Å². The topological polar surface area (TPSA) is 35.5 Å². The normalized spacial score (nSPS) is 12.2. The second-order valence-corrected chi connectivity index (χ2v) is 4.16. The Kier molecular flexibility index (Phi) is 5.16. The van der Waals surface area contributed by atoms with E-state index in [9.17, 15) is 4.79 Å². The van der Waals surface area contributed by atoms with Crippen LogP contribution in [0.2, 0.25) is 0 Å². The van der Waals surface area contributed by atoms with Gasteiger partial charge in [0.2, 0.25) is 0 Å². The molecule has 0 aromatic heterocycles. The largest absolute Gasteiger partial charge is 0.467 e. The van der Waals surface area contributed by atoms with Crippen LogP contribution in [0.25, 0.3) is 0 Å². The van der Waals surface area contributed by atoms with E-state index < -0.39 is 6.10 Å². The van der Waals surface area contributed by atoms with Crippen molar-refractivity contribution >= 4 is 5.97 Å². The molecule has 0 radical (unpaired) electrons. The monoisotopic (exact) mass is 236 g/mol. The number of esters is 1. The van der Waals surface area contributed by atoms with Gasteiger partial charge >= 0.3 is 5.97 Å². The summed E-state index contributed by atoms with van der Waals surface area (Å²) < 4.78 is 10.3. The molecule has 0 N–H and O–H groups in total. The number of carbonyl (C=O) groups is 1. The summed E-state index contributed by atoms with van der Waals surface area (Å²) in [7, 11) is 1.38. The zero-order valence-electron chi connectivity index (χ0n) is 10.9. The molecule has 0 aliphatic rings. The highest BCUT2D eigenvalue weighted by Gasteiger charge is 2.17. The van der Waals surface area contributed by atoms with Crippen LogP contribution in [-0.4, -0.2) is 19.2 Å². The van der Waals surface area contributed by atoms with Crippen LogP contribution < -0.4 is 0 Å². The van der Waals surface area contributed by atoms with E-state index in [0.717, 1.165) is 5.56 Å².